The van der Waals surface area contributed by atoms with Crippen molar-refractivity contribution in [3.63, 3.8) is 0 Å². The number of hydrogen-bond acceptors (Lipinski definition) is 4. The van der Waals surface area contributed by atoms with Crippen LogP contribution in [-0.2, 0) is 11.2 Å². The molecule has 1 aliphatic rings. The Labute approximate surface area is 136 Å². The van der Waals surface area contributed by atoms with E-state index < -0.39 is 0 Å². The first-order valence-corrected chi connectivity index (χ1v) is 8.17. The SMILES string of the molecule is CCc1cc(C(=O)NC(c2ccccc2)C2CCOCC2)no1. The number of nitrogens with one attached hydrogen (secondary N) is 1. The highest BCUT2D eigenvalue weighted by molar-refractivity contribution is 5.92. The van der Waals surface area contributed by atoms with E-state index >= 15 is 0 Å². The fraction of sp³-hybridized carbons (Fsp3) is 0.444. The molecule has 1 saturated heterocycles. The lowest BCUT2D eigenvalue weighted by atomic mass is 9.87. The number of rotatable bonds is 5. The highest BCUT2D eigenvalue weighted by Crippen LogP contribution is 2.30. The number of hydrogen-bond donors (Lipinski definition) is 1. The fourth-order valence-corrected chi connectivity index (χ4v) is 2.98. The lowest BCUT2D eigenvalue weighted by Gasteiger charge is -2.31. The third-order valence-electron chi connectivity index (χ3n) is 4.32. The third-order valence-corrected chi connectivity index (χ3v) is 4.32. The standard InChI is InChI=1S/C18H22N2O3/c1-2-15-12-16(20-23-15)18(21)19-17(13-6-4-3-5-7-13)14-8-10-22-11-9-14/h3-7,12,14,17H,2,8-11H2,1H3,(H,19,21). The molecule has 1 aliphatic heterocycles. The Bertz CT molecular complexity index is 633. The van der Waals surface area contributed by atoms with Crippen LogP contribution < -0.4 is 5.32 Å². The molecular formula is C18H22N2O3. The summed E-state index contributed by atoms with van der Waals surface area (Å²) in [4.78, 5) is 12.5. The summed E-state index contributed by atoms with van der Waals surface area (Å²) in [6, 6.07) is 11.8. The molecule has 0 spiro atoms. The van der Waals surface area contributed by atoms with Gasteiger partial charge in [-0.05, 0) is 24.3 Å². The van der Waals surface area contributed by atoms with E-state index in [4.69, 9.17) is 9.26 Å². The van der Waals surface area contributed by atoms with Gasteiger partial charge in [0, 0.05) is 25.7 Å². The number of ether oxygens (including phenoxy) is 1. The summed E-state index contributed by atoms with van der Waals surface area (Å²) in [6.45, 7) is 3.46. The van der Waals surface area contributed by atoms with E-state index in [1.165, 1.54) is 0 Å². The van der Waals surface area contributed by atoms with Crippen LogP contribution in [0.3, 0.4) is 0 Å². The Morgan fingerprint density at radius 3 is 2.70 bits per heavy atom. The van der Waals surface area contributed by atoms with E-state index in [9.17, 15) is 4.79 Å². The van der Waals surface area contributed by atoms with Crippen LogP contribution in [0.15, 0.2) is 40.9 Å². The zero-order valence-electron chi connectivity index (χ0n) is 13.3. The smallest absolute Gasteiger partial charge is 0.273 e. The Kier molecular flexibility index (Phi) is 5.08. The van der Waals surface area contributed by atoms with E-state index in [-0.39, 0.29) is 11.9 Å². The van der Waals surface area contributed by atoms with Crippen LogP contribution in [-0.4, -0.2) is 24.3 Å². The van der Waals surface area contributed by atoms with Crippen LogP contribution in [0, 0.1) is 5.92 Å². The molecule has 1 atom stereocenters. The van der Waals surface area contributed by atoms with Crippen LogP contribution in [0.2, 0.25) is 0 Å². The van der Waals surface area contributed by atoms with Gasteiger partial charge in [0.25, 0.3) is 5.91 Å². The first-order chi connectivity index (χ1) is 11.3. The van der Waals surface area contributed by atoms with Gasteiger partial charge in [0.1, 0.15) is 5.76 Å². The van der Waals surface area contributed by atoms with Crippen molar-refractivity contribution in [2.75, 3.05) is 13.2 Å². The number of carbonyl (C=O) groups is 1. The summed E-state index contributed by atoms with van der Waals surface area (Å²) in [6.07, 6.45) is 2.61. The second-order valence-electron chi connectivity index (χ2n) is 5.84. The van der Waals surface area contributed by atoms with Crippen molar-refractivity contribution in [2.24, 2.45) is 5.92 Å². The van der Waals surface area contributed by atoms with E-state index in [1.807, 2.05) is 25.1 Å². The lowest BCUT2D eigenvalue weighted by molar-refractivity contribution is 0.0512. The minimum absolute atomic E-state index is 0.0330. The Balaban J connectivity index is 1.79. The van der Waals surface area contributed by atoms with Gasteiger partial charge in [-0.1, -0.05) is 42.4 Å². The quantitative estimate of drug-likeness (QED) is 0.921. The predicted octanol–water partition coefficient (Wildman–Crippen LogP) is 3.13. The zero-order chi connectivity index (χ0) is 16.1. The summed E-state index contributed by atoms with van der Waals surface area (Å²) < 4.78 is 10.6. The third kappa shape index (κ3) is 3.79. The summed E-state index contributed by atoms with van der Waals surface area (Å²) >= 11 is 0. The van der Waals surface area contributed by atoms with Gasteiger partial charge < -0.3 is 14.6 Å². The minimum atomic E-state index is -0.186. The molecule has 3 rings (SSSR count). The molecule has 122 valence electrons. The molecule has 0 radical (unpaired) electrons. The van der Waals surface area contributed by atoms with Gasteiger partial charge in [-0.2, -0.15) is 0 Å². The highest BCUT2D eigenvalue weighted by atomic mass is 16.5. The molecule has 1 aromatic carbocycles. The molecule has 0 bridgehead atoms. The molecular weight excluding hydrogens is 292 g/mol. The van der Waals surface area contributed by atoms with Crippen LogP contribution in [0.25, 0.3) is 0 Å². The minimum Gasteiger partial charge on any atom is -0.381 e. The second kappa shape index (κ2) is 7.42. The molecule has 1 N–H and O–H groups in total. The number of aromatic nitrogens is 1. The van der Waals surface area contributed by atoms with Crippen molar-refractivity contribution in [1.82, 2.24) is 10.5 Å². The van der Waals surface area contributed by atoms with E-state index in [1.54, 1.807) is 6.07 Å². The summed E-state index contributed by atoms with van der Waals surface area (Å²) in [5.41, 5.74) is 1.46. The van der Waals surface area contributed by atoms with Gasteiger partial charge in [-0.15, -0.1) is 0 Å². The Morgan fingerprint density at radius 2 is 2.04 bits per heavy atom. The van der Waals surface area contributed by atoms with Crippen molar-refractivity contribution in [3.05, 3.63) is 53.4 Å². The van der Waals surface area contributed by atoms with Crippen molar-refractivity contribution < 1.29 is 14.1 Å². The number of benzene rings is 1. The Hall–Kier alpha value is -2.14. The molecule has 1 aromatic heterocycles. The molecule has 5 nitrogen and oxygen atoms in total. The molecule has 1 amide bonds. The Morgan fingerprint density at radius 1 is 1.30 bits per heavy atom. The topological polar surface area (TPSA) is 64.4 Å². The van der Waals surface area contributed by atoms with Crippen molar-refractivity contribution in [1.29, 1.82) is 0 Å². The molecule has 2 heterocycles. The number of carbonyl (C=O) groups excluding carboxylic acids is 1. The highest BCUT2D eigenvalue weighted by Gasteiger charge is 2.28. The van der Waals surface area contributed by atoms with Crippen molar-refractivity contribution in [2.45, 2.75) is 32.2 Å². The van der Waals surface area contributed by atoms with Gasteiger partial charge in [-0.25, -0.2) is 0 Å². The average molecular weight is 314 g/mol. The molecule has 1 unspecified atom stereocenters. The largest absolute Gasteiger partial charge is 0.381 e. The van der Waals surface area contributed by atoms with Crippen LogP contribution in [0.4, 0.5) is 0 Å². The maximum absolute atomic E-state index is 12.5. The second-order valence-corrected chi connectivity index (χ2v) is 5.84. The van der Waals surface area contributed by atoms with Gasteiger partial charge in [0.15, 0.2) is 5.69 Å². The zero-order valence-corrected chi connectivity index (χ0v) is 13.3. The summed E-state index contributed by atoms with van der Waals surface area (Å²) in [5, 5.41) is 7.01. The first kappa shape index (κ1) is 15.7. The number of nitrogens with zero attached hydrogens (tertiary/aromatic N) is 1. The summed E-state index contributed by atoms with van der Waals surface area (Å²) in [7, 11) is 0. The van der Waals surface area contributed by atoms with E-state index in [2.05, 4.69) is 22.6 Å². The number of aryl methyl sites for hydroxylation is 1. The van der Waals surface area contributed by atoms with Gasteiger partial charge in [0.2, 0.25) is 0 Å². The molecule has 2 aromatic rings. The first-order valence-electron chi connectivity index (χ1n) is 8.17. The maximum Gasteiger partial charge on any atom is 0.273 e. The predicted molar refractivity (Wildman–Crippen MR) is 86.1 cm³/mol. The average Bonchev–Trinajstić information content (AvgIpc) is 3.10. The van der Waals surface area contributed by atoms with Crippen LogP contribution >= 0.6 is 0 Å². The molecule has 1 fully saturated rings. The molecule has 5 heteroatoms. The van der Waals surface area contributed by atoms with E-state index in [0.29, 0.717) is 11.6 Å². The van der Waals surface area contributed by atoms with Gasteiger partial charge >= 0.3 is 0 Å². The molecule has 23 heavy (non-hydrogen) atoms. The van der Waals surface area contributed by atoms with Gasteiger partial charge in [-0.3, -0.25) is 4.79 Å². The molecule has 0 saturated carbocycles. The maximum atomic E-state index is 12.5. The van der Waals surface area contributed by atoms with Crippen LogP contribution in [0.1, 0.15) is 47.6 Å². The summed E-state index contributed by atoms with van der Waals surface area (Å²) in [5.74, 6) is 0.902. The number of amides is 1. The molecule has 0 aliphatic carbocycles. The van der Waals surface area contributed by atoms with E-state index in [0.717, 1.165) is 43.8 Å². The van der Waals surface area contributed by atoms with Crippen molar-refractivity contribution >= 4 is 5.91 Å². The van der Waals surface area contributed by atoms with Crippen LogP contribution in [0.5, 0.6) is 0 Å². The monoisotopic (exact) mass is 314 g/mol. The van der Waals surface area contributed by atoms with Gasteiger partial charge in [0.05, 0.1) is 6.04 Å². The normalized spacial score (nSPS) is 16.9. The fourth-order valence-electron chi connectivity index (χ4n) is 2.98. The lowest BCUT2D eigenvalue weighted by Crippen LogP contribution is -2.36. The van der Waals surface area contributed by atoms with Crippen molar-refractivity contribution in [3.8, 4) is 0 Å².